The number of hydrogen-bond acceptors (Lipinski definition) is 3. The zero-order valence-electron chi connectivity index (χ0n) is 13.6. The number of anilines is 1. The summed E-state index contributed by atoms with van der Waals surface area (Å²) in [5.41, 5.74) is 0.843. The number of amides is 2. The van der Waals surface area contributed by atoms with Crippen molar-refractivity contribution in [3.8, 4) is 0 Å². The van der Waals surface area contributed by atoms with Crippen molar-refractivity contribution in [2.75, 3.05) is 18.0 Å². The summed E-state index contributed by atoms with van der Waals surface area (Å²) < 4.78 is 0.930. The number of halogens is 2. The number of carbonyl (C=O) groups is 2. The first-order chi connectivity index (χ1) is 11.0. The molecule has 1 aromatic rings. The number of hydrogen-bond donors (Lipinski definition) is 2. The lowest BCUT2D eigenvalue weighted by Gasteiger charge is -2.29. The molecule has 0 bridgehead atoms. The van der Waals surface area contributed by atoms with Crippen molar-refractivity contribution in [2.45, 2.75) is 38.3 Å². The molecule has 2 heterocycles. The lowest BCUT2D eigenvalue weighted by molar-refractivity contribution is -0.127. The van der Waals surface area contributed by atoms with E-state index in [1.165, 1.54) is 0 Å². The van der Waals surface area contributed by atoms with Crippen LogP contribution in [0.1, 0.15) is 26.2 Å². The fourth-order valence-corrected chi connectivity index (χ4v) is 3.75. The number of rotatable bonds is 3. The zero-order valence-corrected chi connectivity index (χ0v) is 16.0. The summed E-state index contributed by atoms with van der Waals surface area (Å²) in [7, 11) is 0. The number of nitrogens with zero attached hydrogens (tertiary/aromatic N) is 1. The minimum atomic E-state index is -0.258. The van der Waals surface area contributed by atoms with Gasteiger partial charge in [0.05, 0.1) is 5.92 Å². The first-order valence-electron chi connectivity index (χ1n) is 8.12. The number of nitrogens with one attached hydrogen (secondary N) is 2. The third-order valence-corrected chi connectivity index (χ3v) is 5.08. The van der Waals surface area contributed by atoms with Crippen molar-refractivity contribution < 1.29 is 9.59 Å². The summed E-state index contributed by atoms with van der Waals surface area (Å²) in [6, 6.07) is 8.28. The molecule has 2 aliphatic heterocycles. The van der Waals surface area contributed by atoms with Crippen LogP contribution in [-0.2, 0) is 9.59 Å². The van der Waals surface area contributed by atoms with Crippen LogP contribution in [0.4, 0.5) is 5.69 Å². The molecule has 2 amide bonds. The molecule has 132 valence electrons. The van der Waals surface area contributed by atoms with Crippen LogP contribution in [0.15, 0.2) is 28.7 Å². The molecule has 7 heteroatoms. The van der Waals surface area contributed by atoms with Crippen LogP contribution >= 0.6 is 28.3 Å². The predicted octanol–water partition coefficient (Wildman–Crippen LogP) is 2.48. The largest absolute Gasteiger partial charge is 0.353 e. The van der Waals surface area contributed by atoms with E-state index in [0.717, 1.165) is 29.5 Å². The highest BCUT2D eigenvalue weighted by Gasteiger charge is 2.36. The maximum absolute atomic E-state index is 12.5. The Hall–Kier alpha value is -1.11. The van der Waals surface area contributed by atoms with Gasteiger partial charge in [0.1, 0.15) is 0 Å². The molecule has 0 radical (unpaired) electrons. The fourth-order valence-electron chi connectivity index (χ4n) is 3.36. The second-order valence-corrected chi connectivity index (χ2v) is 7.39. The average molecular weight is 417 g/mol. The van der Waals surface area contributed by atoms with E-state index in [1.807, 2.05) is 24.3 Å². The van der Waals surface area contributed by atoms with Gasteiger partial charge in [-0.05, 0) is 44.5 Å². The molecule has 0 saturated carbocycles. The number of benzene rings is 1. The van der Waals surface area contributed by atoms with Crippen molar-refractivity contribution in [1.82, 2.24) is 10.6 Å². The quantitative estimate of drug-likeness (QED) is 0.796. The summed E-state index contributed by atoms with van der Waals surface area (Å²) in [5, 5.41) is 6.51. The van der Waals surface area contributed by atoms with Crippen LogP contribution < -0.4 is 15.5 Å². The molecular weight excluding hydrogens is 394 g/mol. The van der Waals surface area contributed by atoms with Gasteiger partial charge in [0.25, 0.3) is 0 Å². The van der Waals surface area contributed by atoms with Crippen LogP contribution in [-0.4, -0.2) is 37.0 Å². The zero-order chi connectivity index (χ0) is 16.4. The van der Waals surface area contributed by atoms with Crippen LogP contribution in [0.25, 0.3) is 0 Å². The minimum absolute atomic E-state index is 0. The van der Waals surface area contributed by atoms with Crippen LogP contribution in [0.5, 0.6) is 0 Å². The first-order valence-corrected chi connectivity index (χ1v) is 8.92. The van der Waals surface area contributed by atoms with Gasteiger partial charge in [-0.15, -0.1) is 12.4 Å². The van der Waals surface area contributed by atoms with Gasteiger partial charge in [0.2, 0.25) is 11.8 Å². The Labute approximate surface area is 157 Å². The van der Waals surface area contributed by atoms with E-state index >= 15 is 0 Å². The molecule has 2 saturated heterocycles. The van der Waals surface area contributed by atoms with Gasteiger partial charge < -0.3 is 15.5 Å². The van der Waals surface area contributed by atoms with E-state index in [9.17, 15) is 9.59 Å². The van der Waals surface area contributed by atoms with Crippen LogP contribution in [0.2, 0.25) is 0 Å². The fraction of sp³-hybridized carbons (Fsp3) is 0.529. The highest BCUT2D eigenvalue weighted by atomic mass is 79.9. The molecule has 3 rings (SSSR count). The van der Waals surface area contributed by atoms with Gasteiger partial charge >= 0.3 is 0 Å². The Kier molecular flexibility index (Phi) is 6.66. The average Bonchev–Trinajstić information content (AvgIpc) is 2.89. The summed E-state index contributed by atoms with van der Waals surface area (Å²) >= 11 is 3.42. The second kappa shape index (κ2) is 8.32. The molecule has 0 aromatic heterocycles. The Morgan fingerprint density at radius 1 is 1.42 bits per heavy atom. The predicted molar refractivity (Wildman–Crippen MR) is 100 cm³/mol. The van der Waals surface area contributed by atoms with Gasteiger partial charge in [-0.1, -0.05) is 22.0 Å². The van der Waals surface area contributed by atoms with Crippen molar-refractivity contribution in [2.24, 2.45) is 5.92 Å². The second-order valence-electron chi connectivity index (χ2n) is 6.47. The SMILES string of the molecule is CC1CC(NC(=O)C2CC(=O)N(c3cccc(Br)c3)C2)CCN1.Cl. The Balaban J connectivity index is 0.00000208. The van der Waals surface area contributed by atoms with Gasteiger partial charge in [0, 0.05) is 35.2 Å². The van der Waals surface area contributed by atoms with E-state index in [2.05, 4.69) is 33.5 Å². The third-order valence-electron chi connectivity index (χ3n) is 4.59. The summed E-state index contributed by atoms with van der Waals surface area (Å²) in [4.78, 5) is 26.5. The molecule has 3 atom stereocenters. The molecule has 1 aromatic carbocycles. The van der Waals surface area contributed by atoms with Crippen molar-refractivity contribution in [3.63, 3.8) is 0 Å². The van der Waals surface area contributed by atoms with E-state index in [0.29, 0.717) is 19.0 Å². The lowest BCUT2D eigenvalue weighted by Crippen LogP contribution is -2.48. The molecular formula is C17H23BrClN3O2. The highest BCUT2D eigenvalue weighted by molar-refractivity contribution is 9.10. The maximum atomic E-state index is 12.5. The molecule has 2 fully saturated rings. The van der Waals surface area contributed by atoms with Gasteiger partial charge in [-0.25, -0.2) is 0 Å². The van der Waals surface area contributed by atoms with Crippen molar-refractivity contribution in [1.29, 1.82) is 0 Å². The monoisotopic (exact) mass is 415 g/mol. The number of carbonyl (C=O) groups excluding carboxylic acids is 2. The number of piperidine rings is 1. The van der Waals surface area contributed by atoms with Gasteiger partial charge in [-0.3, -0.25) is 9.59 Å². The smallest absolute Gasteiger partial charge is 0.227 e. The Bertz CT molecular complexity index is 613. The van der Waals surface area contributed by atoms with E-state index in [4.69, 9.17) is 0 Å². The molecule has 0 spiro atoms. The van der Waals surface area contributed by atoms with Crippen molar-refractivity contribution >= 4 is 45.8 Å². The van der Waals surface area contributed by atoms with E-state index in [1.54, 1.807) is 4.90 Å². The lowest BCUT2D eigenvalue weighted by atomic mass is 9.99. The summed E-state index contributed by atoms with van der Waals surface area (Å²) in [6.07, 6.45) is 2.19. The Morgan fingerprint density at radius 2 is 2.21 bits per heavy atom. The minimum Gasteiger partial charge on any atom is -0.353 e. The van der Waals surface area contributed by atoms with E-state index < -0.39 is 0 Å². The molecule has 0 aliphatic carbocycles. The summed E-state index contributed by atoms with van der Waals surface area (Å²) in [5.74, 6) is -0.233. The highest BCUT2D eigenvalue weighted by Crippen LogP contribution is 2.27. The topological polar surface area (TPSA) is 61.4 Å². The van der Waals surface area contributed by atoms with Gasteiger partial charge in [-0.2, -0.15) is 0 Å². The summed E-state index contributed by atoms with van der Waals surface area (Å²) in [6.45, 7) is 3.52. The molecule has 2 N–H and O–H groups in total. The first kappa shape index (κ1) is 19.2. The van der Waals surface area contributed by atoms with Crippen LogP contribution in [0, 0.1) is 5.92 Å². The van der Waals surface area contributed by atoms with Crippen LogP contribution in [0.3, 0.4) is 0 Å². The normalized spacial score (nSPS) is 26.8. The molecule has 5 nitrogen and oxygen atoms in total. The third kappa shape index (κ3) is 4.49. The van der Waals surface area contributed by atoms with Gasteiger partial charge in [0.15, 0.2) is 0 Å². The molecule has 3 unspecified atom stereocenters. The Morgan fingerprint density at radius 3 is 2.92 bits per heavy atom. The standard InChI is InChI=1S/C17H22BrN3O2.ClH/c1-11-7-14(5-6-19-11)20-17(23)12-8-16(22)21(10-12)15-4-2-3-13(18)9-15;/h2-4,9,11-12,14,19H,5-8,10H2,1H3,(H,20,23);1H. The van der Waals surface area contributed by atoms with Crippen molar-refractivity contribution in [3.05, 3.63) is 28.7 Å². The molecule has 24 heavy (non-hydrogen) atoms. The maximum Gasteiger partial charge on any atom is 0.227 e. The van der Waals surface area contributed by atoms with E-state index in [-0.39, 0.29) is 36.2 Å². The molecule has 2 aliphatic rings.